The van der Waals surface area contributed by atoms with Crippen LogP contribution in [-0.4, -0.2) is 51.2 Å². The standard InChI is InChI=1S/C21H24N4O2/c1-2-13-27-18-5-3-11-24(15-18)21(26)17-8-6-16(7-9-17)19-14-23-25-12-4-10-22-20(19)25/h4,6-10,12,14,18H,2-3,5,11,13,15H2,1H3. The van der Waals surface area contributed by atoms with Crippen molar-refractivity contribution >= 4 is 11.6 Å². The Bertz CT molecular complexity index is 919. The van der Waals surface area contributed by atoms with Crippen LogP contribution >= 0.6 is 0 Å². The first-order chi connectivity index (χ1) is 13.3. The third-order valence-corrected chi connectivity index (χ3v) is 4.95. The van der Waals surface area contributed by atoms with Crippen LogP contribution in [0, 0.1) is 0 Å². The van der Waals surface area contributed by atoms with Crippen LogP contribution in [0.2, 0.25) is 0 Å². The first-order valence-electron chi connectivity index (χ1n) is 9.56. The van der Waals surface area contributed by atoms with Crippen LogP contribution in [0.15, 0.2) is 48.9 Å². The molecule has 0 spiro atoms. The van der Waals surface area contributed by atoms with Gasteiger partial charge >= 0.3 is 0 Å². The van der Waals surface area contributed by atoms with Gasteiger partial charge in [-0.3, -0.25) is 4.79 Å². The SMILES string of the molecule is CCCOC1CCCN(C(=O)c2ccc(-c3cnn4cccnc34)cc2)C1. The molecule has 6 nitrogen and oxygen atoms in total. The van der Waals surface area contributed by atoms with E-state index in [1.165, 1.54) is 0 Å². The fourth-order valence-corrected chi connectivity index (χ4v) is 3.55. The highest BCUT2D eigenvalue weighted by atomic mass is 16.5. The van der Waals surface area contributed by atoms with E-state index < -0.39 is 0 Å². The summed E-state index contributed by atoms with van der Waals surface area (Å²) < 4.78 is 7.60. The second-order valence-electron chi connectivity index (χ2n) is 6.91. The molecule has 0 N–H and O–H groups in total. The van der Waals surface area contributed by atoms with E-state index >= 15 is 0 Å². The second-order valence-corrected chi connectivity index (χ2v) is 6.91. The van der Waals surface area contributed by atoms with Gasteiger partial charge in [-0.1, -0.05) is 19.1 Å². The number of carbonyl (C=O) groups is 1. The molecule has 1 unspecified atom stereocenters. The van der Waals surface area contributed by atoms with E-state index in [0.29, 0.717) is 12.1 Å². The number of ether oxygens (including phenoxy) is 1. The van der Waals surface area contributed by atoms with Crippen molar-refractivity contribution in [3.8, 4) is 11.1 Å². The molecule has 2 aromatic heterocycles. The number of hydrogen-bond acceptors (Lipinski definition) is 4. The molecule has 1 fully saturated rings. The summed E-state index contributed by atoms with van der Waals surface area (Å²) in [6.45, 7) is 4.34. The quantitative estimate of drug-likeness (QED) is 0.696. The van der Waals surface area contributed by atoms with Gasteiger partial charge in [-0.15, -0.1) is 0 Å². The van der Waals surface area contributed by atoms with E-state index in [1.807, 2.05) is 41.4 Å². The number of nitrogens with zero attached hydrogens (tertiary/aromatic N) is 4. The summed E-state index contributed by atoms with van der Waals surface area (Å²) in [4.78, 5) is 19.2. The summed E-state index contributed by atoms with van der Waals surface area (Å²) in [5.41, 5.74) is 3.48. The maximum absolute atomic E-state index is 12.9. The maximum Gasteiger partial charge on any atom is 0.253 e. The van der Waals surface area contributed by atoms with Crippen LogP contribution in [0.25, 0.3) is 16.8 Å². The summed E-state index contributed by atoms with van der Waals surface area (Å²) in [5.74, 6) is 0.0735. The topological polar surface area (TPSA) is 59.7 Å². The van der Waals surface area contributed by atoms with Crippen LogP contribution in [-0.2, 0) is 4.74 Å². The predicted octanol–water partition coefficient (Wildman–Crippen LogP) is 3.43. The van der Waals surface area contributed by atoms with E-state index in [4.69, 9.17) is 4.74 Å². The summed E-state index contributed by atoms with van der Waals surface area (Å²) in [6, 6.07) is 9.56. The van der Waals surface area contributed by atoms with Gasteiger partial charge in [0.25, 0.3) is 5.91 Å². The normalized spacial score (nSPS) is 17.4. The molecule has 1 aliphatic rings. The molecule has 0 aliphatic carbocycles. The van der Waals surface area contributed by atoms with Gasteiger partial charge in [0, 0.05) is 43.2 Å². The van der Waals surface area contributed by atoms with Gasteiger partial charge < -0.3 is 9.64 Å². The van der Waals surface area contributed by atoms with Gasteiger partial charge in [-0.25, -0.2) is 9.50 Å². The lowest BCUT2D eigenvalue weighted by molar-refractivity contribution is 0.00211. The van der Waals surface area contributed by atoms with Gasteiger partial charge in [0.15, 0.2) is 5.65 Å². The first-order valence-corrected chi connectivity index (χ1v) is 9.56. The summed E-state index contributed by atoms with van der Waals surface area (Å²) >= 11 is 0. The molecule has 1 aromatic carbocycles. The number of fused-ring (bicyclic) bond motifs is 1. The largest absolute Gasteiger partial charge is 0.376 e. The van der Waals surface area contributed by atoms with E-state index in [0.717, 1.165) is 49.2 Å². The Balaban J connectivity index is 1.49. The zero-order valence-corrected chi connectivity index (χ0v) is 15.5. The Morgan fingerprint density at radius 1 is 1.30 bits per heavy atom. The van der Waals surface area contributed by atoms with Crippen molar-refractivity contribution in [2.45, 2.75) is 32.3 Å². The minimum atomic E-state index is 0.0735. The number of piperidine rings is 1. The third-order valence-electron chi connectivity index (χ3n) is 4.95. The molecule has 3 heterocycles. The van der Waals surface area contributed by atoms with Crippen molar-refractivity contribution in [3.63, 3.8) is 0 Å². The lowest BCUT2D eigenvalue weighted by Crippen LogP contribution is -2.43. The number of aromatic nitrogens is 3. The smallest absolute Gasteiger partial charge is 0.253 e. The molecule has 1 aliphatic heterocycles. The molecule has 1 amide bonds. The van der Waals surface area contributed by atoms with Crippen molar-refractivity contribution in [1.29, 1.82) is 0 Å². The van der Waals surface area contributed by atoms with Crippen LogP contribution in [0.4, 0.5) is 0 Å². The molecule has 4 rings (SSSR count). The lowest BCUT2D eigenvalue weighted by atomic mass is 10.0. The summed E-state index contributed by atoms with van der Waals surface area (Å²) in [7, 11) is 0. The summed E-state index contributed by atoms with van der Waals surface area (Å²) in [5, 5.41) is 4.32. The molecule has 0 radical (unpaired) electrons. The van der Waals surface area contributed by atoms with Crippen molar-refractivity contribution in [2.75, 3.05) is 19.7 Å². The van der Waals surface area contributed by atoms with E-state index in [2.05, 4.69) is 17.0 Å². The Kier molecular flexibility index (Phi) is 5.16. The van der Waals surface area contributed by atoms with Crippen LogP contribution in [0.1, 0.15) is 36.5 Å². The molecule has 140 valence electrons. The van der Waals surface area contributed by atoms with E-state index in [-0.39, 0.29) is 12.0 Å². The highest BCUT2D eigenvalue weighted by Crippen LogP contribution is 2.24. The Hall–Kier alpha value is -2.73. The number of benzene rings is 1. The number of hydrogen-bond donors (Lipinski definition) is 0. The number of rotatable bonds is 5. The van der Waals surface area contributed by atoms with Crippen molar-refractivity contribution < 1.29 is 9.53 Å². The van der Waals surface area contributed by atoms with Crippen LogP contribution < -0.4 is 0 Å². The zero-order valence-electron chi connectivity index (χ0n) is 15.5. The first kappa shape index (κ1) is 17.7. The number of likely N-dealkylation sites (tertiary alicyclic amines) is 1. The summed E-state index contributed by atoms with van der Waals surface area (Å²) in [6.07, 6.45) is 8.62. The minimum absolute atomic E-state index is 0.0735. The Morgan fingerprint density at radius 2 is 2.15 bits per heavy atom. The molecule has 0 bridgehead atoms. The van der Waals surface area contributed by atoms with E-state index in [9.17, 15) is 4.79 Å². The van der Waals surface area contributed by atoms with Crippen LogP contribution in [0.5, 0.6) is 0 Å². The maximum atomic E-state index is 12.9. The zero-order chi connectivity index (χ0) is 18.6. The average Bonchev–Trinajstić information content (AvgIpc) is 3.16. The third kappa shape index (κ3) is 3.71. The molecule has 6 heteroatoms. The monoisotopic (exact) mass is 364 g/mol. The van der Waals surface area contributed by atoms with Gasteiger partial charge in [0.05, 0.1) is 12.3 Å². The minimum Gasteiger partial charge on any atom is -0.376 e. The van der Waals surface area contributed by atoms with Crippen molar-refractivity contribution in [3.05, 3.63) is 54.5 Å². The molecular weight excluding hydrogens is 340 g/mol. The molecule has 3 aromatic rings. The average molecular weight is 364 g/mol. The fourth-order valence-electron chi connectivity index (χ4n) is 3.55. The van der Waals surface area contributed by atoms with E-state index in [1.54, 1.807) is 16.9 Å². The van der Waals surface area contributed by atoms with Crippen molar-refractivity contribution in [1.82, 2.24) is 19.5 Å². The van der Waals surface area contributed by atoms with Gasteiger partial charge in [0.1, 0.15) is 0 Å². The van der Waals surface area contributed by atoms with Gasteiger partial charge in [0.2, 0.25) is 0 Å². The number of carbonyl (C=O) groups excluding carboxylic acids is 1. The van der Waals surface area contributed by atoms with Gasteiger partial charge in [-0.2, -0.15) is 5.10 Å². The highest BCUT2D eigenvalue weighted by molar-refractivity contribution is 5.95. The predicted molar refractivity (Wildman–Crippen MR) is 104 cm³/mol. The second kappa shape index (κ2) is 7.88. The molecule has 1 saturated heterocycles. The highest BCUT2D eigenvalue weighted by Gasteiger charge is 2.24. The molecule has 0 saturated carbocycles. The molecule has 27 heavy (non-hydrogen) atoms. The number of amides is 1. The lowest BCUT2D eigenvalue weighted by Gasteiger charge is -2.32. The molecular formula is C21H24N4O2. The Morgan fingerprint density at radius 3 is 2.96 bits per heavy atom. The van der Waals surface area contributed by atoms with Crippen molar-refractivity contribution in [2.24, 2.45) is 0 Å². The van der Waals surface area contributed by atoms with Gasteiger partial charge in [-0.05, 0) is 43.0 Å². The Labute approximate surface area is 158 Å². The fraction of sp³-hybridized carbons (Fsp3) is 0.381. The van der Waals surface area contributed by atoms with Crippen LogP contribution in [0.3, 0.4) is 0 Å². The molecule has 1 atom stereocenters.